The van der Waals surface area contributed by atoms with Gasteiger partial charge in [0.25, 0.3) is 0 Å². The van der Waals surface area contributed by atoms with Crippen LogP contribution in [0.15, 0.2) is 0 Å². The normalized spacial score (nSPS) is 45.0. The fourth-order valence-electron chi connectivity index (χ4n) is 4.80. The van der Waals surface area contributed by atoms with Gasteiger partial charge in [-0.2, -0.15) is 0 Å². The number of hydrogen-bond acceptors (Lipinski definition) is 2. The van der Waals surface area contributed by atoms with Crippen LogP contribution >= 0.6 is 0 Å². The Balaban J connectivity index is 1.43. The number of nitrogens with two attached hydrogens (primary N) is 1. The lowest BCUT2D eigenvalue weighted by Crippen LogP contribution is -2.32. The molecular formula is C15H28N2. The molecule has 2 nitrogen and oxygen atoms in total. The van der Waals surface area contributed by atoms with Crippen LogP contribution in [-0.2, 0) is 0 Å². The van der Waals surface area contributed by atoms with Crippen LogP contribution in [0.25, 0.3) is 0 Å². The summed E-state index contributed by atoms with van der Waals surface area (Å²) in [6.45, 7) is 2.65. The summed E-state index contributed by atoms with van der Waals surface area (Å²) in [6, 6.07) is 0.496. The van der Waals surface area contributed by atoms with Crippen molar-refractivity contribution in [2.24, 2.45) is 29.4 Å². The van der Waals surface area contributed by atoms with Gasteiger partial charge in [-0.3, -0.25) is 0 Å². The van der Waals surface area contributed by atoms with Crippen molar-refractivity contribution in [3.05, 3.63) is 0 Å². The molecule has 0 radical (unpaired) electrons. The van der Waals surface area contributed by atoms with E-state index in [1.54, 1.807) is 6.42 Å². The van der Waals surface area contributed by atoms with Gasteiger partial charge >= 0.3 is 0 Å². The lowest BCUT2D eigenvalue weighted by atomic mass is 9.88. The molecule has 2 heteroatoms. The molecule has 2 N–H and O–H groups in total. The molecule has 0 aromatic heterocycles. The van der Waals surface area contributed by atoms with E-state index in [0.29, 0.717) is 6.04 Å². The summed E-state index contributed by atoms with van der Waals surface area (Å²) in [5.41, 5.74) is 6.00. The minimum Gasteiger partial charge on any atom is -0.328 e. The van der Waals surface area contributed by atoms with Crippen LogP contribution in [0.5, 0.6) is 0 Å². The SMILES string of the molecule is CN(CC1CCC(N)C1)CC1CC2CCC1C2. The summed E-state index contributed by atoms with van der Waals surface area (Å²) in [4.78, 5) is 2.61. The molecule has 0 spiro atoms. The molecule has 5 atom stereocenters. The summed E-state index contributed by atoms with van der Waals surface area (Å²) in [6.07, 6.45) is 10.0. The Morgan fingerprint density at radius 3 is 2.47 bits per heavy atom. The van der Waals surface area contributed by atoms with Gasteiger partial charge in [-0.25, -0.2) is 0 Å². The third-order valence-electron chi connectivity index (χ3n) is 5.58. The van der Waals surface area contributed by atoms with Crippen LogP contribution in [0.3, 0.4) is 0 Å². The van der Waals surface area contributed by atoms with E-state index in [2.05, 4.69) is 11.9 Å². The zero-order valence-electron chi connectivity index (χ0n) is 11.3. The highest BCUT2D eigenvalue weighted by molar-refractivity contribution is 4.91. The second-order valence-corrected chi connectivity index (χ2v) is 7.10. The standard InChI is InChI=1S/C15H28N2/c1-17(9-12-3-5-15(16)8-12)10-14-7-11-2-4-13(14)6-11/h11-15H,2-10,16H2,1H3. The molecule has 0 amide bonds. The molecule has 0 aromatic carbocycles. The minimum atomic E-state index is 0.496. The van der Waals surface area contributed by atoms with Gasteiger partial charge in [-0.05, 0) is 69.2 Å². The van der Waals surface area contributed by atoms with Crippen molar-refractivity contribution in [3.8, 4) is 0 Å². The molecule has 3 aliphatic carbocycles. The average molecular weight is 236 g/mol. The van der Waals surface area contributed by atoms with E-state index in [-0.39, 0.29) is 0 Å². The summed E-state index contributed by atoms with van der Waals surface area (Å²) in [5, 5.41) is 0. The second-order valence-electron chi connectivity index (χ2n) is 7.10. The van der Waals surface area contributed by atoms with Crippen LogP contribution in [0.2, 0.25) is 0 Å². The molecule has 17 heavy (non-hydrogen) atoms. The van der Waals surface area contributed by atoms with Crippen molar-refractivity contribution in [3.63, 3.8) is 0 Å². The number of rotatable bonds is 4. The maximum Gasteiger partial charge on any atom is 0.00420 e. The van der Waals surface area contributed by atoms with E-state index in [9.17, 15) is 0 Å². The van der Waals surface area contributed by atoms with Gasteiger partial charge in [0.15, 0.2) is 0 Å². The lowest BCUT2D eigenvalue weighted by molar-refractivity contribution is 0.197. The molecular weight excluding hydrogens is 208 g/mol. The van der Waals surface area contributed by atoms with E-state index in [1.165, 1.54) is 51.6 Å². The first-order valence-corrected chi connectivity index (χ1v) is 7.65. The van der Waals surface area contributed by atoms with Gasteiger partial charge in [0.2, 0.25) is 0 Å². The quantitative estimate of drug-likeness (QED) is 0.812. The zero-order chi connectivity index (χ0) is 11.8. The molecule has 3 fully saturated rings. The topological polar surface area (TPSA) is 29.3 Å². The van der Waals surface area contributed by atoms with Gasteiger partial charge in [-0.1, -0.05) is 6.42 Å². The third-order valence-corrected chi connectivity index (χ3v) is 5.58. The van der Waals surface area contributed by atoms with Crippen LogP contribution in [0.4, 0.5) is 0 Å². The first-order chi connectivity index (χ1) is 8.20. The summed E-state index contributed by atoms with van der Waals surface area (Å²) >= 11 is 0. The third kappa shape index (κ3) is 2.68. The number of hydrogen-bond donors (Lipinski definition) is 1. The Labute approximate surface area is 106 Å². The van der Waals surface area contributed by atoms with Gasteiger partial charge in [0.05, 0.1) is 0 Å². The van der Waals surface area contributed by atoms with Crippen LogP contribution in [0, 0.1) is 23.7 Å². The highest BCUT2D eigenvalue weighted by Gasteiger charge is 2.39. The van der Waals surface area contributed by atoms with E-state index < -0.39 is 0 Å². The van der Waals surface area contributed by atoms with Gasteiger partial charge < -0.3 is 10.6 Å². The van der Waals surface area contributed by atoms with Gasteiger partial charge in [0, 0.05) is 19.1 Å². The second kappa shape index (κ2) is 4.89. The van der Waals surface area contributed by atoms with Crippen molar-refractivity contribution in [1.29, 1.82) is 0 Å². The predicted molar refractivity (Wildman–Crippen MR) is 71.8 cm³/mol. The maximum absolute atomic E-state index is 6.00. The average Bonchev–Trinajstić information content (AvgIpc) is 2.95. The first-order valence-electron chi connectivity index (χ1n) is 7.65. The molecule has 0 aliphatic heterocycles. The van der Waals surface area contributed by atoms with E-state index in [4.69, 9.17) is 5.73 Å². The van der Waals surface area contributed by atoms with E-state index in [1.807, 2.05) is 0 Å². The molecule has 3 aliphatic rings. The molecule has 3 rings (SSSR count). The summed E-state index contributed by atoms with van der Waals surface area (Å²) in [7, 11) is 2.33. The fourth-order valence-corrected chi connectivity index (χ4v) is 4.80. The zero-order valence-corrected chi connectivity index (χ0v) is 11.3. The summed E-state index contributed by atoms with van der Waals surface area (Å²) < 4.78 is 0. The highest BCUT2D eigenvalue weighted by Crippen LogP contribution is 2.48. The molecule has 0 heterocycles. The monoisotopic (exact) mass is 236 g/mol. The number of nitrogens with zero attached hydrogens (tertiary/aromatic N) is 1. The smallest absolute Gasteiger partial charge is 0.00420 e. The van der Waals surface area contributed by atoms with Crippen molar-refractivity contribution in [1.82, 2.24) is 4.90 Å². The van der Waals surface area contributed by atoms with E-state index >= 15 is 0 Å². The molecule has 5 unspecified atom stereocenters. The minimum absolute atomic E-state index is 0.496. The largest absolute Gasteiger partial charge is 0.328 e. The Kier molecular flexibility index (Phi) is 3.45. The molecule has 98 valence electrons. The first kappa shape index (κ1) is 12.0. The van der Waals surface area contributed by atoms with Gasteiger partial charge in [0.1, 0.15) is 0 Å². The fraction of sp³-hybridized carbons (Fsp3) is 1.00. The van der Waals surface area contributed by atoms with Crippen LogP contribution in [0.1, 0.15) is 44.9 Å². The Hall–Kier alpha value is -0.0800. The highest BCUT2D eigenvalue weighted by atomic mass is 15.1. The van der Waals surface area contributed by atoms with Crippen molar-refractivity contribution in [2.75, 3.05) is 20.1 Å². The van der Waals surface area contributed by atoms with Crippen molar-refractivity contribution < 1.29 is 0 Å². The van der Waals surface area contributed by atoms with Crippen LogP contribution < -0.4 is 5.73 Å². The number of fused-ring (bicyclic) bond motifs is 2. The van der Waals surface area contributed by atoms with Crippen molar-refractivity contribution in [2.45, 2.75) is 51.0 Å². The Morgan fingerprint density at radius 2 is 1.88 bits per heavy atom. The molecule has 3 saturated carbocycles. The van der Waals surface area contributed by atoms with Crippen molar-refractivity contribution >= 4 is 0 Å². The maximum atomic E-state index is 6.00. The van der Waals surface area contributed by atoms with Gasteiger partial charge in [-0.15, -0.1) is 0 Å². The summed E-state index contributed by atoms with van der Waals surface area (Å²) in [5.74, 6) is 4.08. The lowest BCUT2D eigenvalue weighted by Gasteiger charge is -2.28. The molecule has 0 aromatic rings. The Morgan fingerprint density at radius 1 is 1.00 bits per heavy atom. The molecule has 0 saturated heterocycles. The predicted octanol–water partition coefficient (Wildman–Crippen LogP) is 2.48. The molecule has 2 bridgehead atoms. The Bertz CT molecular complexity index is 266. The van der Waals surface area contributed by atoms with E-state index in [0.717, 1.165) is 23.7 Å². The van der Waals surface area contributed by atoms with Crippen LogP contribution in [-0.4, -0.2) is 31.1 Å².